The van der Waals surface area contributed by atoms with Crippen LogP contribution >= 0.6 is 22.6 Å². The van der Waals surface area contributed by atoms with E-state index in [4.69, 9.17) is 9.84 Å². The molecule has 2 nitrogen and oxygen atoms in total. The highest BCUT2D eigenvalue weighted by Gasteiger charge is 1.96. The molecule has 1 aromatic rings. The van der Waals surface area contributed by atoms with Crippen LogP contribution < -0.4 is 0 Å². The van der Waals surface area contributed by atoms with Gasteiger partial charge in [0.2, 0.25) is 0 Å². The third-order valence-corrected chi connectivity index (χ3v) is 2.75. The van der Waals surface area contributed by atoms with Gasteiger partial charge in [-0.25, -0.2) is 0 Å². The number of rotatable bonds is 5. The van der Waals surface area contributed by atoms with Crippen molar-refractivity contribution in [3.05, 3.63) is 45.6 Å². The van der Waals surface area contributed by atoms with Crippen molar-refractivity contribution in [1.82, 2.24) is 0 Å². The smallest absolute Gasteiger partial charge is 0.0731 e. The number of ether oxygens (including phenoxy) is 1. The third-order valence-electron chi connectivity index (χ3n) is 1.70. The highest BCUT2D eigenvalue weighted by atomic mass is 127. The van der Waals surface area contributed by atoms with E-state index < -0.39 is 0 Å². The second-order valence-corrected chi connectivity index (χ2v) is 3.92. The molecule has 0 bridgehead atoms. The van der Waals surface area contributed by atoms with Crippen molar-refractivity contribution in [2.24, 2.45) is 0 Å². The summed E-state index contributed by atoms with van der Waals surface area (Å²) in [5.74, 6) is 0. The Morgan fingerprint density at radius 3 is 2.79 bits per heavy atom. The molecule has 76 valence electrons. The first-order chi connectivity index (χ1) is 6.84. The summed E-state index contributed by atoms with van der Waals surface area (Å²) in [6, 6.07) is 8.13. The molecule has 0 amide bonds. The summed E-state index contributed by atoms with van der Waals surface area (Å²) in [4.78, 5) is 0. The van der Waals surface area contributed by atoms with Gasteiger partial charge in [0.25, 0.3) is 0 Å². The van der Waals surface area contributed by atoms with E-state index in [1.54, 1.807) is 6.08 Å². The van der Waals surface area contributed by atoms with Crippen LogP contribution in [0.2, 0.25) is 0 Å². The predicted molar refractivity (Wildman–Crippen MR) is 65.0 cm³/mol. The molecule has 1 rings (SSSR count). The minimum atomic E-state index is 0.0756. The zero-order valence-corrected chi connectivity index (χ0v) is 9.98. The molecule has 0 heterocycles. The van der Waals surface area contributed by atoms with E-state index >= 15 is 0 Å². The van der Waals surface area contributed by atoms with Gasteiger partial charge in [-0.05, 0) is 34.2 Å². The molecule has 1 N–H and O–H groups in total. The molecule has 0 atom stereocenters. The Morgan fingerprint density at radius 2 is 2.07 bits per heavy atom. The molecule has 0 aliphatic carbocycles. The molecule has 0 spiro atoms. The average molecular weight is 304 g/mol. The van der Waals surface area contributed by atoms with Crippen molar-refractivity contribution < 1.29 is 9.84 Å². The van der Waals surface area contributed by atoms with Crippen LogP contribution in [0.25, 0.3) is 0 Å². The number of aliphatic hydroxyl groups excluding tert-OH is 1. The Labute approximate surface area is 97.7 Å². The Bertz CT molecular complexity index is 297. The van der Waals surface area contributed by atoms with Crippen molar-refractivity contribution in [1.29, 1.82) is 0 Å². The third kappa shape index (κ3) is 4.21. The van der Waals surface area contributed by atoms with Gasteiger partial charge in [-0.3, -0.25) is 0 Å². The molecule has 0 aliphatic heterocycles. The van der Waals surface area contributed by atoms with Crippen molar-refractivity contribution in [2.75, 3.05) is 13.2 Å². The lowest BCUT2D eigenvalue weighted by Crippen LogP contribution is -1.95. The number of halogens is 1. The van der Waals surface area contributed by atoms with Gasteiger partial charge in [-0.15, -0.1) is 0 Å². The van der Waals surface area contributed by atoms with E-state index in [0.717, 1.165) is 0 Å². The van der Waals surface area contributed by atoms with Crippen LogP contribution in [0.4, 0.5) is 0 Å². The fourth-order valence-corrected chi connectivity index (χ4v) is 1.54. The molecule has 0 saturated carbocycles. The fraction of sp³-hybridized carbons (Fsp3) is 0.273. The molecular formula is C11H13IO2. The van der Waals surface area contributed by atoms with Crippen molar-refractivity contribution >= 4 is 22.6 Å². The summed E-state index contributed by atoms with van der Waals surface area (Å²) in [5.41, 5.74) is 1.20. The summed E-state index contributed by atoms with van der Waals surface area (Å²) < 4.78 is 6.62. The van der Waals surface area contributed by atoms with E-state index in [0.29, 0.717) is 13.2 Å². The maximum Gasteiger partial charge on any atom is 0.0731 e. The number of hydrogen-bond donors (Lipinski definition) is 1. The number of benzene rings is 1. The minimum Gasteiger partial charge on any atom is -0.392 e. The van der Waals surface area contributed by atoms with E-state index in [9.17, 15) is 0 Å². The molecule has 14 heavy (non-hydrogen) atoms. The highest BCUT2D eigenvalue weighted by molar-refractivity contribution is 14.1. The van der Waals surface area contributed by atoms with Gasteiger partial charge in [0.15, 0.2) is 0 Å². The normalized spacial score (nSPS) is 11.0. The highest BCUT2D eigenvalue weighted by Crippen LogP contribution is 2.12. The van der Waals surface area contributed by atoms with E-state index in [1.165, 1.54) is 9.13 Å². The lowest BCUT2D eigenvalue weighted by Gasteiger charge is -2.03. The molecule has 0 fully saturated rings. The Kier molecular flexibility index (Phi) is 5.82. The first-order valence-corrected chi connectivity index (χ1v) is 5.49. The zero-order chi connectivity index (χ0) is 10.2. The van der Waals surface area contributed by atoms with Gasteiger partial charge >= 0.3 is 0 Å². The molecule has 0 unspecified atom stereocenters. The van der Waals surface area contributed by atoms with Crippen LogP contribution in [0.15, 0.2) is 36.4 Å². The summed E-state index contributed by atoms with van der Waals surface area (Å²) in [7, 11) is 0. The lowest BCUT2D eigenvalue weighted by atomic mass is 10.2. The number of aliphatic hydroxyl groups is 1. The van der Waals surface area contributed by atoms with Crippen molar-refractivity contribution in [3.8, 4) is 0 Å². The molecule has 0 aromatic heterocycles. The summed E-state index contributed by atoms with van der Waals surface area (Å²) in [5, 5.41) is 8.48. The largest absolute Gasteiger partial charge is 0.392 e. The molecule has 0 aliphatic rings. The first-order valence-electron chi connectivity index (χ1n) is 4.41. The van der Waals surface area contributed by atoms with Gasteiger partial charge < -0.3 is 9.84 Å². The molecule has 1 aromatic carbocycles. The topological polar surface area (TPSA) is 29.5 Å². The Morgan fingerprint density at radius 1 is 1.29 bits per heavy atom. The SMILES string of the molecule is OC/C=C/COCc1ccccc1I. The molecular weight excluding hydrogens is 291 g/mol. The molecule has 0 radical (unpaired) electrons. The van der Waals surface area contributed by atoms with Crippen molar-refractivity contribution in [3.63, 3.8) is 0 Å². The van der Waals surface area contributed by atoms with E-state index in [2.05, 4.69) is 34.7 Å². The summed E-state index contributed by atoms with van der Waals surface area (Å²) >= 11 is 2.29. The van der Waals surface area contributed by atoms with Crippen molar-refractivity contribution in [2.45, 2.75) is 6.61 Å². The van der Waals surface area contributed by atoms with E-state index in [1.807, 2.05) is 18.2 Å². The van der Waals surface area contributed by atoms with Gasteiger partial charge in [-0.2, -0.15) is 0 Å². The Balaban J connectivity index is 2.31. The van der Waals surface area contributed by atoms with Crippen LogP contribution in [-0.4, -0.2) is 18.3 Å². The second kappa shape index (κ2) is 6.98. The van der Waals surface area contributed by atoms with E-state index in [-0.39, 0.29) is 6.61 Å². The van der Waals surface area contributed by atoms with Crippen LogP contribution in [0.3, 0.4) is 0 Å². The number of hydrogen-bond acceptors (Lipinski definition) is 2. The summed E-state index contributed by atoms with van der Waals surface area (Å²) in [6.07, 6.45) is 3.49. The average Bonchev–Trinajstić information content (AvgIpc) is 2.20. The summed E-state index contributed by atoms with van der Waals surface area (Å²) in [6.45, 7) is 1.24. The fourth-order valence-electron chi connectivity index (χ4n) is 0.995. The second-order valence-electron chi connectivity index (χ2n) is 2.76. The molecule has 0 saturated heterocycles. The van der Waals surface area contributed by atoms with Crippen LogP contribution in [0, 0.1) is 3.57 Å². The maximum atomic E-state index is 8.48. The maximum absolute atomic E-state index is 8.48. The van der Waals surface area contributed by atoms with Crippen LogP contribution in [0.5, 0.6) is 0 Å². The van der Waals surface area contributed by atoms with Crippen LogP contribution in [0.1, 0.15) is 5.56 Å². The first kappa shape index (κ1) is 11.7. The Hall–Kier alpha value is -0.390. The van der Waals surface area contributed by atoms with Crippen LogP contribution in [-0.2, 0) is 11.3 Å². The quantitative estimate of drug-likeness (QED) is 0.514. The predicted octanol–water partition coefficient (Wildman–Crippen LogP) is 2.36. The molecule has 3 heteroatoms. The zero-order valence-electron chi connectivity index (χ0n) is 7.82. The van der Waals surface area contributed by atoms with Gasteiger partial charge in [-0.1, -0.05) is 30.4 Å². The minimum absolute atomic E-state index is 0.0756. The van der Waals surface area contributed by atoms with Gasteiger partial charge in [0.1, 0.15) is 0 Å². The standard InChI is InChI=1S/C11H13IO2/c12-11-6-2-1-5-10(11)9-14-8-4-3-7-13/h1-6,13H,7-9H2/b4-3+. The van der Waals surface area contributed by atoms with Gasteiger partial charge in [0, 0.05) is 3.57 Å². The monoisotopic (exact) mass is 304 g/mol. The lowest BCUT2D eigenvalue weighted by molar-refractivity contribution is 0.147. The van der Waals surface area contributed by atoms with Gasteiger partial charge in [0.05, 0.1) is 19.8 Å².